The number of nitrogens with one attached hydrogen (secondary N) is 1. The van der Waals surface area contributed by atoms with Gasteiger partial charge in [-0.15, -0.1) is 0 Å². The average molecular weight is 293 g/mol. The summed E-state index contributed by atoms with van der Waals surface area (Å²) in [6.07, 6.45) is 2.40. The van der Waals surface area contributed by atoms with Gasteiger partial charge >= 0.3 is 5.97 Å². The average Bonchev–Trinajstić information content (AvgIpc) is 2.81. The van der Waals surface area contributed by atoms with Crippen molar-refractivity contribution in [3.05, 3.63) is 17.6 Å². The number of aliphatic hydroxyl groups is 1. The summed E-state index contributed by atoms with van der Waals surface area (Å²) in [5, 5.41) is 21.9. The zero-order valence-corrected chi connectivity index (χ0v) is 12.8. The van der Waals surface area contributed by atoms with Crippen molar-refractivity contribution < 1.29 is 15.0 Å². The number of aromatic carboxylic acids is 1. The minimum Gasteiger partial charge on any atom is -0.475 e. The van der Waals surface area contributed by atoms with Gasteiger partial charge < -0.3 is 15.5 Å². The summed E-state index contributed by atoms with van der Waals surface area (Å²) in [5.41, 5.74) is 0.455. The fraction of sp³-hybridized carbons (Fsp3) is 0.667. The molecule has 116 valence electrons. The number of rotatable bonds is 4. The molecule has 0 spiro atoms. The Morgan fingerprint density at radius 3 is 2.62 bits per heavy atom. The van der Waals surface area contributed by atoms with Crippen molar-refractivity contribution in [2.75, 3.05) is 11.9 Å². The van der Waals surface area contributed by atoms with E-state index in [4.69, 9.17) is 5.11 Å². The molecule has 0 aliphatic heterocycles. The van der Waals surface area contributed by atoms with Gasteiger partial charge in [-0.05, 0) is 25.2 Å². The molecule has 0 aromatic carbocycles. The fourth-order valence-corrected chi connectivity index (χ4v) is 2.50. The Morgan fingerprint density at radius 1 is 1.38 bits per heavy atom. The van der Waals surface area contributed by atoms with Crippen LogP contribution in [0, 0.1) is 5.92 Å². The third-order valence-corrected chi connectivity index (χ3v) is 3.77. The molecule has 2 rings (SSSR count). The number of carboxylic acid groups (broad SMARTS) is 1. The second-order valence-corrected chi connectivity index (χ2v) is 6.73. The minimum absolute atomic E-state index is 0.184. The highest BCUT2D eigenvalue weighted by Gasteiger charge is 2.24. The van der Waals surface area contributed by atoms with Crippen LogP contribution in [0.5, 0.6) is 0 Å². The largest absolute Gasteiger partial charge is 0.475 e. The first-order chi connectivity index (χ1) is 9.75. The first-order valence-electron chi connectivity index (χ1n) is 7.30. The number of aromatic nitrogens is 2. The molecule has 6 heteroatoms. The zero-order chi connectivity index (χ0) is 15.6. The Morgan fingerprint density at radius 2 is 2.10 bits per heavy atom. The Bertz CT molecular complexity index is 525. The van der Waals surface area contributed by atoms with E-state index in [2.05, 4.69) is 15.3 Å². The first kappa shape index (κ1) is 15.7. The molecule has 3 N–H and O–H groups in total. The molecule has 1 aliphatic rings. The topological polar surface area (TPSA) is 95.3 Å². The summed E-state index contributed by atoms with van der Waals surface area (Å²) in [6.45, 7) is 6.64. The molecule has 1 aliphatic carbocycles. The smallest absolute Gasteiger partial charge is 0.374 e. The lowest BCUT2D eigenvalue weighted by Crippen LogP contribution is -2.20. The number of carbonyl (C=O) groups is 1. The third kappa shape index (κ3) is 4.14. The van der Waals surface area contributed by atoms with E-state index >= 15 is 0 Å². The first-order valence-corrected chi connectivity index (χ1v) is 7.30. The Balaban J connectivity index is 2.14. The molecule has 0 amide bonds. The summed E-state index contributed by atoms with van der Waals surface area (Å²) in [4.78, 5) is 19.3. The fourth-order valence-electron chi connectivity index (χ4n) is 2.50. The van der Waals surface area contributed by atoms with Gasteiger partial charge in [0.25, 0.3) is 0 Å². The van der Waals surface area contributed by atoms with Crippen molar-refractivity contribution in [2.24, 2.45) is 5.92 Å². The van der Waals surface area contributed by atoms with E-state index in [-0.39, 0.29) is 17.3 Å². The normalized spacial score (nSPS) is 22.3. The van der Waals surface area contributed by atoms with Crippen LogP contribution < -0.4 is 5.32 Å². The molecule has 1 saturated carbocycles. The predicted molar refractivity (Wildman–Crippen MR) is 79.5 cm³/mol. The molecule has 21 heavy (non-hydrogen) atoms. The molecule has 0 saturated heterocycles. The SMILES string of the molecule is CC(C)(C)c1cc(NCC2CCC(O)C2)nc(C(=O)O)n1. The third-order valence-electron chi connectivity index (χ3n) is 3.77. The molecular weight excluding hydrogens is 270 g/mol. The van der Waals surface area contributed by atoms with E-state index in [1.807, 2.05) is 20.8 Å². The Kier molecular flexibility index (Phi) is 4.46. The highest BCUT2D eigenvalue weighted by molar-refractivity contribution is 5.83. The molecule has 6 nitrogen and oxygen atoms in total. The van der Waals surface area contributed by atoms with Crippen LogP contribution in [0.25, 0.3) is 0 Å². The number of hydrogen-bond donors (Lipinski definition) is 3. The predicted octanol–water partition coefficient (Wildman–Crippen LogP) is 2.05. The molecule has 2 atom stereocenters. The summed E-state index contributed by atoms with van der Waals surface area (Å²) >= 11 is 0. The minimum atomic E-state index is -1.12. The van der Waals surface area contributed by atoms with Crippen molar-refractivity contribution >= 4 is 11.8 Å². The number of hydrogen-bond acceptors (Lipinski definition) is 5. The lowest BCUT2D eigenvalue weighted by molar-refractivity contribution is 0.0683. The van der Waals surface area contributed by atoms with Gasteiger partial charge in [0, 0.05) is 18.0 Å². The van der Waals surface area contributed by atoms with Crippen LogP contribution in [-0.2, 0) is 5.41 Å². The number of anilines is 1. The second kappa shape index (κ2) is 5.97. The van der Waals surface area contributed by atoms with Gasteiger partial charge in [0.1, 0.15) is 5.82 Å². The van der Waals surface area contributed by atoms with Gasteiger partial charge in [0.05, 0.1) is 11.8 Å². The molecule has 0 radical (unpaired) electrons. The molecular formula is C15H23N3O3. The molecule has 1 heterocycles. The van der Waals surface area contributed by atoms with Gasteiger partial charge in [-0.2, -0.15) is 0 Å². The van der Waals surface area contributed by atoms with Gasteiger partial charge in [0.15, 0.2) is 0 Å². The molecule has 1 aromatic heterocycles. The number of carboxylic acids is 1. The van der Waals surface area contributed by atoms with Crippen LogP contribution in [0.1, 0.15) is 56.3 Å². The second-order valence-electron chi connectivity index (χ2n) is 6.73. The highest BCUT2D eigenvalue weighted by Crippen LogP contribution is 2.26. The van der Waals surface area contributed by atoms with E-state index in [1.165, 1.54) is 0 Å². The lowest BCUT2D eigenvalue weighted by atomic mass is 9.92. The van der Waals surface area contributed by atoms with Gasteiger partial charge in [-0.1, -0.05) is 20.8 Å². The van der Waals surface area contributed by atoms with Crippen LogP contribution >= 0.6 is 0 Å². The van der Waals surface area contributed by atoms with E-state index < -0.39 is 5.97 Å². The van der Waals surface area contributed by atoms with Crippen LogP contribution in [0.15, 0.2) is 6.07 Å². The van der Waals surface area contributed by atoms with Crippen LogP contribution in [-0.4, -0.2) is 38.8 Å². The number of nitrogens with zero attached hydrogens (tertiary/aromatic N) is 2. The summed E-state index contributed by atoms with van der Waals surface area (Å²) < 4.78 is 0. The van der Waals surface area contributed by atoms with Crippen LogP contribution in [0.3, 0.4) is 0 Å². The Hall–Kier alpha value is -1.69. The van der Waals surface area contributed by atoms with E-state index in [1.54, 1.807) is 6.07 Å². The van der Waals surface area contributed by atoms with E-state index in [9.17, 15) is 9.90 Å². The lowest BCUT2D eigenvalue weighted by Gasteiger charge is -2.19. The van der Waals surface area contributed by atoms with E-state index in [0.29, 0.717) is 24.0 Å². The van der Waals surface area contributed by atoms with Crippen LogP contribution in [0.2, 0.25) is 0 Å². The number of aliphatic hydroxyl groups excluding tert-OH is 1. The maximum absolute atomic E-state index is 11.1. The van der Waals surface area contributed by atoms with Crippen molar-refractivity contribution in [2.45, 2.75) is 51.6 Å². The van der Waals surface area contributed by atoms with Crippen molar-refractivity contribution in [3.8, 4) is 0 Å². The molecule has 1 fully saturated rings. The van der Waals surface area contributed by atoms with Crippen molar-refractivity contribution in [1.82, 2.24) is 9.97 Å². The maximum atomic E-state index is 11.1. The standard InChI is InChI=1S/C15H23N3O3/c1-15(2,3)11-7-12(18-13(17-11)14(20)21)16-8-9-4-5-10(19)6-9/h7,9-10,19H,4-6,8H2,1-3H3,(H,20,21)(H,16,17,18). The molecule has 0 bridgehead atoms. The quantitative estimate of drug-likeness (QED) is 0.786. The van der Waals surface area contributed by atoms with Gasteiger partial charge in [-0.3, -0.25) is 0 Å². The molecule has 1 aromatic rings. The van der Waals surface area contributed by atoms with Crippen LogP contribution in [0.4, 0.5) is 5.82 Å². The van der Waals surface area contributed by atoms with Gasteiger partial charge in [-0.25, -0.2) is 14.8 Å². The maximum Gasteiger partial charge on any atom is 0.374 e. The highest BCUT2D eigenvalue weighted by atomic mass is 16.4. The monoisotopic (exact) mass is 293 g/mol. The summed E-state index contributed by atoms with van der Waals surface area (Å²) in [5.74, 6) is -0.369. The summed E-state index contributed by atoms with van der Waals surface area (Å²) in [7, 11) is 0. The van der Waals surface area contributed by atoms with Crippen molar-refractivity contribution in [3.63, 3.8) is 0 Å². The van der Waals surface area contributed by atoms with Crippen molar-refractivity contribution in [1.29, 1.82) is 0 Å². The summed E-state index contributed by atoms with van der Waals surface area (Å²) in [6, 6.07) is 1.80. The Labute approximate surface area is 124 Å². The van der Waals surface area contributed by atoms with Gasteiger partial charge in [0.2, 0.25) is 5.82 Å². The molecule has 2 unspecified atom stereocenters. The van der Waals surface area contributed by atoms with E-state index in [0.717, 1.165) is 19.3 Å². The zero-order valence-electron chi connectivity index (χ0n) is 12.8.